The van der Waals surface area contributed by atoms with Crippen molar-refractivity contribution in [3.63, 3.8) is 0 Å². The summed E-state index contributed by atoms with van der Waals surface area (Å²) in [4.78, 5) is 72.6. The molecule has 0 radical (unpaired) electrons. The molecule has 5 aromatic rings. The van der Waals surface area contributed by atoms with E-state index in [0.717, 1.165) is 81.2 Å². The van der Waals surface area contributed by atoms with Crippen LogP contribution in [0.5, 0.6) is 5.75 Å². The summed E-state index contributed by atoms with van der Waals surface area (Å²) >= 11 is 0. The molecule has 5 N–H and O–H groups in total. The number of carbonyl (C=O) groups is 4. The molecular weight excluding hydrogens is 793 g/mol. The van der Waals surface area contributed by atoms with Crippen LogP contribution in [0.1, 0.15) is 95.5 Å². The lowest BCUT2D eigenvalue weighted by atomic mass is 9.92. The minimum Gasteiger partial charge on any atom is -0.488 e. The van der Waals surface area contributed by atoms with Crippen LogP contribution in [-0.2, 0) is 25.7 Å². The van der Waals surface area contributed by atoms with Gasteiger partial charge in [-0.3, -0.25) is 9.59 Å². The number of hydrogen-bond donors (Lipinski definition) is 5. The predicted molar refractivity (Wildman–Crippen MR) is 230 cm³/mol. The van der Waals surface area contributed by atoms with Crippen molar-refractivity contribution in [2.75, 3.05) is 20.3 Å². The molecule has 0 saturated carbocycles. The van der Waals surface area contributed by atoms with E-state index in [1.165, 1.54) is 7.11 Å². The van der Waals surface area contributed by atoms with Gasteiger partial charge >= 0.3 is 12.2 Å². The third-order valence-corrected chi connectivity index (χ3v) is 13.4. The molecule has 0 aliphatic carbocycles. The summed E-state index contributed by atoms with van der Waals surface area (Å²) in [7, 11) is 1.29. The number of nitrogens with zero attached hydrogens (tertiary/aromatic N) is 4. The SMILES string of the molecule is COC(=O)NC(C(=O)N1[C@@H](C)CC[C@H]1c1ncc(-c2ccc3c(c2)COc2cc4c(ccc5[nH]c([C@@H]6CC[C@H](C)N6C(=O)C(NC(=O)O)[C@@H]6CCCOC6)nc54)cc2-3)[nH]1)C(C)C. The van der Waals surface area contributed by atoms with Gasteiger partial charge in [0.25, 0.3) is 0 Å². The average molecular weight is 847 g/mol. The van der Waals surface area contributed by atoms with Crippen molar-refractivity contribution in [1.82, 2.24) is 40.4 Å². The zero-order chi connectivity index (χ0) is 43.4. The number of carbonyl (C=O) groups excluding carboxylic acids is 3. The summed E-state index contributed by atoms with van der Waals surface area (Å²) in [6.45, 7) is 9.16. The number of alkyl carbamates (subject to hydrolysis) is 1. The van der Waals surface area contributed by atoms with E-state index in [-0.39, 0.29) is 47.8 Å². The molecule has 4 aliphatic rings. The molecule has 0 bridgehead atoms. The van der Waals surface area contributed by atoms with Crippen molar-refractivity contribution >= 4 is 45.8 Å². The number of imidazole rings is 2. The Bertz CT molecular complexity index is 2540. The highest BCUT2D eigenvalue weighted by Gasteiger charge is 2.44. The van der Waals surface area contributed by atoms with Gasteiger partial charge in [0.2, 0.25) is 11.8 Å². The summed E-state index contributed by atoms with van der Waals surface area (Å²) < 4.78 is 16.9. The second-order valence-electron chi connectivity index (χ2n) is 17.6. The Balaban J connectivity index is 0.965. The summed E-state index contributed by atoms with van der Waals surface area (Å²) in [5, 5.41) is 16.8. The fourth-order valence-corrected chi connectivity index (χ4v) is 10.1. The van der Waals surface area contributed by atoms with Crippen LogP contribution in [0.3, 0.4) is 0 Å². The van der Waals surface area contributed by atoms with Crippen molar-refractivity contribution in [2.45, 2.75) is 109 Å². The van der Waals surface area contributed by atoms with Gasteiger partial charge < -0.3 is 49.7 Å². The van der Waals surface area contributed by atoms with Crippen molar-refractivity contribution in [3.05, 3.63) is 65.9 Å². The number of carboxylic acid groups (broad SMARTS) is 1. The Morgan fingerprint density at radius 1 is 0.887 bits per heavy atom. The number of aromatic nitrogens is 4. The fraction of sp³-hybridized carbons (Fsp3) is 0.478. The molecule has 62 heavy (non-hydrogen) atoms. The van der Waals surface area contributed by atoms with Gasteiger partial charge in [0.05, 0.1) is 48.7 Å². The van der Waals surface area contributed by atoms with Crippen LogP contribution in [0.2, 0.25) is 0 Å². The van der Waals surface area contributed by atoms with Crippen molar-refractivity contribution in [1.29, 1.82) is 0 Å². The second kappa shape index (κ2) is 16.6. The second-order valence-corrected chi connectivity index (χ2v) is 17.6. The summed E-state index contributed by atoms with van der Waals surface area (Å²) in [6, 6.07) is 12.2. The number of amides is 4. The van der Waals surface area contributed by atoms with Crippen LogP contribution in [0, 0.1) is 11.8 Å². The molecule has 3 aromatic carbocycles. The quantitative estimate of drug-likeness (QED) is 0.101. The van der Waals surface area contributed by atoms with Gasteiger partial charge in [-0.1, -0.05) is 32.0 Å². The number of fused-ring (bicyclic) bond motifs is 6. The van der Waals surface area contributed by atoms with Crippen molar-refractivity contribution < 1.29 is 38.5 Å². The molecule has 3 fully saturated rings. The predicted octanol–water partition coefficient (Wildman–Crippen LogP) is 7.21. The number of hydrogen-bond acceptors (Lipinski definition) is 9. The molecule has 7 atom stereocenters. The standard InChI is InChI=1S/C46H54N8O8/c1-23(2)38(52-46(59)60-5)43(55)53-24(3)8-14-35(53)41-47-20-34(49-41)27-10-12-30-29(17-27)22-62-37-19-31-26(18-32(30)37)11-13-33-40(31)50-42(48-33)36-15-9-25(4)54(36)44(56)39(51-45(57)58)28-7-6-16-61-21-28/h10-13,17-20,23-25,28,35-36,38-39,51H,6-9,14-16,21-22H2,1-5H3,(H,47,49)(H,48,50)(H,52,59)(H,57,58)/t24-,25-,28+,35-,36-,38?,39?/m0/s1. The van der Waals surface area contributed by atoms with Crippen LogP contribution in [0.15, 0.2) is 48.7 Å². The Hall–Kier alpha value is -6.16. The number of nitrogens with one attached hydrogen (secondary N) is 4. The first-order valence-corrected chi connectivity index (χ1v) is 21.7. The molecule has 16 heteroatoms. The van der Waals surface area contributed by atoms with Crippen LogP contribution < -0.4 is 15.4 Å². The van der Waals surface area contributed by atoms with Crippen molar-refractivity contribution in [2.24, 2.45) is 11.8 Å². The number of methoxy groups -OCH3 is 1. The topological polar surface area (TPSA) is 204 Å². The van der Waals surface area contributed by atoms with Gasteiger partial charge in [-0.25, -0.2) is 19.6 Å². The first-order valence-electron chi connectivity index (χ1n) is 21.7. The highest BCUT2D eigenvalue weighted by Crippen LogP contribution is 2.44. The molecule has 4 aliphatic heterocycles. The Morgan fingerprint density at radius 3 is 2.35 bits per heavy atom. The summed E-state index contributed by atoms with van der Waals surface area (Å²) in [5.41, 5.74) is 6.48. The molecule has 0 spiro atoms. The van der Waals surface area contributed by atoms with Crippen molar-refractivity contribution in [3.8, 4) is 28.1 Å². The average Bonchev–Trinajstić information content (AvgIpc) is 4.09. The molecule has 9 rings (SSSR count). The van der Waals surface area contributed by atoms with E-state index in [0.29, 0.717) is 44.3 Å². The lowest BCUT2D eigenvalue weighted by Crippen LogP contribution is -2.54. The van der Waals surface area contributed by atoms with E-state index in [1.54, 1.807) is 0 Å². The van der Waals surface area contributed by atoms with Gasteiger partial charge in [0.1, 0.15) is 36.1 Å². The van der Waals surface area contributed by atoms with E-state index in [4.69, 9.17) is 24.2 Å². The normalized spacial score (nSPS) is 23.2. The third kappa shape index (κ3) is 7.47. The summed E-state index contributed by atoms with van der Waals surface area (Å²) in [6.07, 6.45) is 4.49. The van der Waals surface area contributed by atoms with Gasteiger partial charge in [0, 0.05) is 35.6 Å². The van der Waals surface area contributed by atoms with Crippen LogP contribution in [-0.4, -0.2) is 103 Å². The summed E-state index contributed by atoms with van der Waals surface area (Å²) in [5.74, 6) is 1.36. The number of rotatable bonds is 9. The lowest BCUT2D eigenvalue weighted by molar-refractivity contribution is -0.139. The molecule has 3 saturated heterocycles. The molecule has 2 unspecified atom stereocenters. The van der Waals surface area contributed by atoms with E-state index < -0.39 is 24.3 Å². The maximum absolute atomic E-state index is 14.2. The smallest absolute Gasteiger partial charge is 0.407 e. The highest BCUT2D eigenvalue weighted by molar-refractivity contribution is 6.07. The van der Waals surface area contributed by atoms with Crippen LogP contribution in [0.4, 0.5) is 9.59 Å². The first kappa shape index (κ1) is 41.2. The van der Waals surface area contributed by atoms with Crippen LogP contribution in [0.25, 0.3) is 44.2 Å². The monoisotopic (exact) mass is 846 g/mol. The Labute approximate surface area is 359 Å². The number of H-pyrrole nitrogens is 2. The van der Waals surface area contributed by atoms with Gasteiger partial charge in [0.15, 0.2) is 0 Å². The van der Waals surface area contributed by atoms with Crippen LogP contribution >= 0.6 is 0 Å². The Kier molecular flexibility index (Phi) is 11.0. The molecule has 326 valence electrons. The van der Waals surface area contributed by atoms with Gasteiger partial charge in [-0.15, -0.1) is 0 Å². The fourth-order valence-electron chi connectivity index (χ4n) is 10.1. The highest BCUT2D eigenvalue weighted by atomic mass is 16.5. The number of benzene rings is 3. The third-order valence-electron chi connectivity index (χ3n) is 13.4. The number of likely N-dealkylation sites (tertiary alicyclic amines) is 2. The minimum absolute atomic E-state index is 0.0215. The zero-order valence-corrected chi connectivity index (χ0v) is 35.7. The van der Waals surface area contributed by atoms with Gasteiger partial charge in [-0.2, -0.15) is 0 Å². The lowest BCUT2D eigenvalue weighted by Gasteiger charge is -2.35. The molecule has 2 aromatic heterocycles. The van der Waals surface area contributed by atoms with E-state index in [1.807, 2.05) is 55.8 Å². The molecular formula is C46H54N8O8. The first-order chi connectivity index (χ1) is 29.9. The molecule has 6 heterocycles. The minimum atomic E-state index is -1.22. The maximum Gasteiger partial charge on any atom is 0.407 e. The molecule has 4 amide bonds. The van der Waals surface area contributed by atoms with E-state index in [9.17, 15) is 24.3 Å². The zero-order valence-electron chi connectivity index (χ0n) is 35.7. The number of aromatic amines is 2. The maximum atomic E-state index is 14.2. The largest absolute Gasteiger partial charge is 0.488 e. The Morgan fingerprint density at radius 2 is 1.65 bits per heavy atom. The van der Waals surface area contributed by atoms with E-state index >= 15 is 0 Å². The number of ether oxygens (including phenoxy) is 3. The van der Waals surface area contributed by atoms with Gasteiger partial charge in [-0.05, 0) is 105 Å². The molecule has 16 nitrogen and oxygen atoms in total. The van der Waals surface area contributed by atoms with E-state index in [2.05, 4.69) is 50.9 Å².